The van der Waals surface area contributed by atoms with E-state index in [1.165, 1.54) is 31.5 Å². The molecule has 4 atom stereocenters. The normalized spacial score (nSPS) is 26.3. The van der Waals surface area contributed by atoms with Crippen LogP contribution in [0.15, 0.2) is 30.5 Å². The number of hydrogen-bond donors (Lipinski definition) is 0. The largest absolute Gasteiger partial charge is 0.468 e. The van der Waals surface area contributed by atoms with E-state index in [-0.39, 0.29) is 71.7 Å². The fourth-order valence-electron chi connectivity index (χ4n) is 9.80. The molecule has 0 N–H and O–H groups in total. The molecule has 5 aliphatic rings. The number of alkyl halides is 2. The Morgan fingerprint density at radius 2 is 1.82 bits per heavy atom. The summed E-state index contributed by atoms with van der Waals surface area (Å²) in [6.45, 7) is 7.21. The molecule has 0 unspecified atom stereocenters. The number of fused-ring (bicyclic) bond motifs is 5. The zero-order chi connectivity index (χ0) is 40.1. The summed E-state index contributed by atoms with van der Waals surface area (Å²) < 4.78 is 84.8. The summed E-state index contributed by atoms with van der Waals surface area (Å²) in [5.41, 5.74) is -2.47. The molecule has 300 valence electrons. The molecular weight excluding hydrogens is 744 g/mol. The predicted octanol–water partition coefficient (Wildman–Crippen LogP) is 7.32. The van der Waals surface area contributed by atoms with Crippen LogP contribution in [0.4, 0.5) is 28.2 Å². The van der Waals surface area contributed by atoms with Crippen molar-refractivity contribution >= 4 is 33.6 Å². The van der Waals surface area contributed by atoms with Crippen molar-refractivity contribution in [1.82, 2.24) is 24.8 Å². The quantitative estimate of drug-likeness (QED) is 0.103. The minimum atomic E-state index is -2.71. The molecule has 9 rings (SSSR count). The first kappa shape index (κ1) is 37.6. The van der Waals surface area contributed by atoms with Crippen molar-refractivity contribution in [1.29, 1.82) is 0 Å². The van der Waals surface area contributed by atoms with Crippen molar-refractivity contribution in [3.05, 3.63) is 47.7 Å². The van der Waals surface area contributed by atoms with Crippen molar-refractivity contribution in [3.8, 4) is 35.4 Å². The summed E-state index contributed by atoms with van der Waals surface area (Å²) in [4.78, 5) is 33.3. The predicted molar refractivity (Wildman–Crippen MR) is 203 cm³/mol. The number of amides is 1. The van der Waals surface area contributed by atoms with Gasteiger partial charge >= 0.3 is 12.1 Å². The Hall–Kier alpha value is -4.94. The Morgan fingerprint density at radius 3 is 2.51 bits per heavy atom. The summed E-state index contributed by atoms with van der Waals surface area (Å²) in [5.74, 6) is -1.10. The van der Waals surface area contributed by atoms with Crippen LogP contribution in [-0.2, 0) is 9.47 Å². The summed E-state index contributed by atoms with van der Waals surface area (Å²) in [6.07, 6.45) is 10.1. The number of nitrogens with zero attached hydrogens (tertiary/aromatic N) is 6. The van der Waals surface area contributed by atoms with Gasteiger partial charge in [0.1, 0.15) is 40.8 Å². The highest BCUT2D eigenvalue weighted by Gasteiger charge is 2.77. The maximum absolute atomic E-state index is 17.4. The van der Waals surface area contributed by atoms with Crippen LogP contribution < -0.4 is 14.4 Å². The zero-order valence-corrected chi connectivity index (χ0v) is 32.3. The number of carbonyl (C=O) groups excluding carboxylic acids is 1. The maximum Gasteiger partial charge on any atom is 0.410 e. The number of ether oxygens (including phenoxy) is 4. The number of piperazine rings is 1. The number of pyridine rings is 1. The molecule has 1 amide bonds. The van der Waals surface area contributed by atoms with Gasteiger partial charge < -0.3 is 23.8 Å². The molecule has 6 heterocycles. The van der Waals surface area contributed by atoms with Gasteiger partial charge in [-0.1, -0.05) is 12.0 Å². The van der Waals surface area contributed by atoms with Crippen LogP contribution in [0.5, 0.6) is 11.8 Å². The molecule has 4 aliphatic heterocycles. The Bertz CT molecular complexity index is 2340. The van der Waals surface area contributed by atoms with E-state index in [0.717, 1.165) is 19.3 Å². The number of anilines is 1. The molecule has 15 heteroatoms. The average Bonchev–Trinajstić information content (AvgIpc) is 3.43. The highest BCUT2D eigenvalue weighted by molar-refractivity contribution is 6.03. The highest BCUT2D eigenvalue weighted by atomic mass is 19.3. The number of methoxy groups -OCH3 is 1. The van der Waals surface area contributed by atoms with Crippen LogP contribution >= 0.6 is 0 Å². The van der Waals surface area contributed by atoms with Gasteiger partial charge in [-0.3, -0.25) is 14.8 Å². The van der Waals surface area contributed by atoms with Crippen LogP contribution in [0.2, 0.25) is 0 Å². The van der Waals surface area contributed by atoms with Gasteiger partial charge in [0.15, 0.2) is 12.6 Å². The second kappa shape index (κ2) is 13.3. The van der Waals surface area contributed by atoms with Crippen LogP contribution in [0.3, 0.4) is 0 Å². The molecular formula is C42H44F4N6O5. The van der Waals surface area contributed by atoms with Gasteiger partial charge in [-0.25, -0.2) is 22.4 Å². The van der Waals surface area contributed by atoms with E-state index < -0.39 is 34.1 Å². The number of hydrogen-bond acceptors (Lipinski definition) is 10. The van der Waals surface area contributed by atoms with E-state index in [0.29, 0.717) is 61.4 Å². The smallest absolute Gasteiger partial charge is 0.410 e. The molecule has 1 aliphatic carbocycles. The SMILES string of the molecule is C#Cc1c(F)ccc2cc(OCOC)cc(-c3ncc4c(N5C[C@H]6CC[C@@H](C5)N6C(=O)OC(C)(C)C)nc(OC[C@@]56CCCN5C[C@]5(CC5(F)F)C6)nc4c3F)c12. The minimum absolute atomic E-state index is 0.0569. The topological polar surface area (TPSA) is 102 Å². The maximum atomic E-state index is 17.4. The van der Waals surface area contributed by atoms with Gasteiger partial charge in [0.2, 0.25) is 0 Å². The molecule has 1 saturated carbocycles. The average molecular weight is 789 g/mol. The van der Waals surface area contributed by atoms with Crippen molar-refractivity contribution < 1.29 is 41.3 Å². The first-order chi connectivity index (χ1) is 27.1. The van der Waals surface area contributed by atoms with E-state index in [1.54, 1.807) is 11.0 Å². The Morgan fingerprint density at radius 1 is 1.07 bits per heavy atom. The van der Waals surface area contributed by atoms with Gasteiger partial charge in [-0.2, -0.15) is 9.97 Å². The van der Waals surface area contributed by atoms with Gasteiger partial charge in [-0.05, 0) is 83.0 Å². The van der Waals surface area contributed by atoms with Gasteiger partial charge in [0, 0.05) is 50.3 Å². The minimum Gasteiger partial charge on any atom is -0.468 e. The van der Waals surface area contributed by atoms with Crippen molar-refractivity contribution in [2.24, 2.45) is 5.41 Å². The van der Waals surface area contributed by atoms with Crippen LogP contribution in [0.25, 0.3) is 32.9 Å². The van der Waals surface area contributed by atoms with Crippen molar-refractivity contribution in [2.45, 2.75) is 88.4 Å². The van der Waals surface area contributed by atoms with Crippen LogP contribution in [0.1, 0.15) is 64.9 Å². The Labute approximate surface area is 327 Å². The third-order valence-corrected chi connectivity index (χ3v) is 12.4. The standard InChI is InChI=1S/C42H44F4N6O5/c1-6-28-31(43)11-8-24-14-27(56-23-54-5)15-29(32(24)28)34-33(44)35-30(16-47-34)36(50-17-25-9-10-26(18-50)52(25)38(53)57-39(2,3)4)49-37(48-35)55-22-41-12-7-13-51(41)21-40(19-41)20-42(40,45)46/h1,8,11,14-16,25-26H,7,9-10,12-13,17-23H2,2-5H3/t25-,26+,40-,41+/m1/s1. The van der Waals surface area contributed by atoms with Gasteiger partial charge in [0.05, 0.1) is 34.0 Å². The third-order valence-electron chi connectivity index (χ3n) is 12.4. The number of benzene rings is 2. The molecule has 1 spiro atoms. The Kier molecular flexibility index (Phi) is 8.78. The lowest BCUT2D eigenvalue weighted by Gasteiger charge is -2.42. The second-order valence-corrected chi connectivity index (χ2v) is 17.3. The Balaban J connectivity index is 1.14. The molecule has 2 bridgehead atoms. The number of aromatic nitrogens is 3. The monoisotopic (exact) mass is 788 g/mol. The van der Waals surface area contributed by atoms with Crippen molar-refractivity contribution in [3.63, 3.8) is 0 Å². The van der Waals surface area contributed by atoms with Gasteiger partial charge in [-0.15, -0.1) is 6.42 Å². The van der Waals surface area contributed by atoms with E-state index >= 15 is 8.78 Å². The molecule has 4 aromatic rings. The molecule has 5 fully saturated rings. The molecule has 57 heavy (non-hydrogen) atoms. The first-order valence-electron chi connectivity index (χ1n) is 19.4. The highest BCUT2D eigenvalue weighted by Crippen LogP contribution is 2.69. The number of rotatable bonds is 8. The molecule has 11 nitrogen and oxygen atoms in total. The number of terminal acetylenes is 1. The number of carbonyl (C=O) groups is 1. The summed E-state index contributed by atoms with van der Waals surface area (Å²) >= 11 is 0. The summed E-state index contributed by atoms with van der Waals surface area (Å²) in [5, 5.41) is 1.06. The lowest BCUT2D eigenvalue weighted by atomic mass is 9.89. The zero-order valence-electron chi connectivity index (χ0n) is 32.3. The van der Waals surface area contributed by atoms with E-state index in [9.17, 15) is 13.6 Å². The van der Waals surface area contributed by atoms with Crippen molar-refractivity contribution in [2.75, 3.05) is 51.6 Å². The lowest BCUT2D eigenvalue weighted by Crippen LogP contribution is -2.57. The number of halogens is 4. The first-order valence-corrected chi connectivity index (χ1v) is 19.4. The van der Waals surface area contributed by atoms with Crippen LogP contribution in [0, 0.1) is 29.4 Å². The van der Waals surface area contributed by atoms with E-state index in [1.807, 2.05) is 25.7 Å². The van der Waals surface area contributed by atoms with Crippen LogP contribution in [-0.4, -0.2) is 107 Å². The molecule has 4 saturated heterocycles. The van der Waals surface area contributed by atoms with E-state index in [2.05, 4.69) is 20.8 Å². The third kappa shape index (κ3) is 6.26. The fraction of sp³-hybridized carbons (Fsp3) is 0.524. The van der Waals surface area contributed by atoms with E-state index in [4.69, 9.17) is 30.4 Å². The van der Waals surface area contributed by atoms with Gasteiger partial charge in [0.25, 0.3) is 5.92 Å². The molecule has 2 aromatic heterocycles. The fourth-order valence-corrected chi connectivity index (χ4v) is 9.80. The molecule has 2 aromatic carbocycles. The molecule has 0 radical (unpaired) electrons. The summed E-state index contributed by atoms with van der Waals surface area (Å²) in [6, 6.07) is 5.47. The second-order valence-electron chi connectivity index (χ2n) is 17.3. The lowest BCUT2D eigenvalue weighted by molar-refractivity contribution is 0.0122. The summed E-state index contributed by atoms with van der Waals surface area (Å²) in [7, 11) is 1.47.